The fraction of sp³-hybridized carbons (Fsp3) is 0.467. The van der Waals surface area contributed by atoms with Gasteiger partial charge in [-0.25, -0.2) is 0 Å². The molecule has 0 saturated carbocycles. The number of hydrogen-bond acceptors (Lipinski definition) is 0. The average molecular weight is 307 g/mol. The number of fused-ring (bicyclic) bond motifs is 2. The Morgan fingerprint density at radius 1 is 1.12 bits per heavy atom. The maximum absolute atomic E-state index is 2.57. The molecule has 0 spiro atoms. The zero-order valence-corrected chi connectivity index (χ0v) is 13.5. The van der Waals surface area contributed by atoms with E-state index in [0.29, 0.717) is 3.94 Å². The van der Waals surface area contributed by atoms with Gasteiger partial charge in [0.2, 0.25) is 0 Å². The third-order valence-corrected chi connectivity index (χ3v) is 14.9. The molecule has 0 aromatic heterocycles. The monoisotopic (exact) mass is 308 g/mol. The van der Waals surface area contributed by atoms with Crippen LogP contribution in [0.25, 0.3) is 0 Å². The molecular weight excluding hydrogens is 287 g/mol. The van der Waals surface area contributed by atoms with Gasteiger partial charge < -0.3 is 0 Å². The standard InChI is InChI=1S/C15H20SeSi/c1-17(2,3)15(12-7-5-4-6-8-12)13-9-10-14(11-13)16-15/h4-10,13-14H,11H2,1-3H3. The van der Waals surface area contributed by atoms with Crippen molar-refractivity contribution in [3.05, 3.63) is 48.0 Å². The predicted molar refractivity (Wildman–Crippen MR) is 78.2 cm³/mol. The summed E-state index contributed by atoms with van der Waals surface area (Å²) in [5.74, 6) is 0.835. The van der Waals surface area contributed by atoms with E-state index in [2.05, 4.69) is 62.1 Å². The van der Waals surface area contributed by atoms with Gasteiger partial charge in [-0.2, -0.15) is 0 Å². The SMILES string of the molecule is C[Si](C)(C)C1(c2ccccc2)[Se]C2C=CC1C2. The van der Waals surface area contributed by atoms with Gasteiger partial charge in [0, 0.05) is 0 Å². The summed E-state index contributed by atoms with van der Waals surface area (Å²) in [6.45, 7) is 7.70. The molecule has 1 fully saturated rings. The van der Waals surface area contributed by atoms with Crippen molar-refractivity contribution in [1.29, 1.82) is 0 Å². The summed E-state index contributed by atoms with van der Waals surface area (Å²) >= 11 is 0.762. The van der Waals surface area contributed by atoms with Crippen LogP contribution in [0.4, 0.5) is 0 Å². The molecule has 3 atom stereocenters. The summed E-state index contributed by atoms with van der Waals surface area (Å²) in [6, 6.07) is 11.4. The summed E-state index contributed by atoms with van der Waals surface area (Å²) in [4.78, 5) is 0.916. The van der Waals surface area contributed by atoms with Gasteiger partial charge in [-0.3, -0.25) is 0 Å². The van der Waals surface area contributed by atoms with E-state index in [9.17, 15) is 0 Å². The van der Waals surface area contributed by atoms with E-state index in [-0.39, 0.29) is 0 Å². The van der Waals surface area contributed by atoms with Crippen LogP contribution < -0.4 is 0 Å². The van der Waals surface area contributed by atoms with E-state index in [4.69, 9.17) is 0 Å². The summed E-state index contributed by atoms with van der Waals surface area (Å²) < 4.78 is 0.556. The second kappa shape index (κ2) is 3.84. The van der Waals surface area contributed by atoms with Gasteiger partial charge in [-0.1, -0.05) is 0 Å². The Kier molecular flexibility index (Phi) is 2.66. The number of allylic oxidation sites excluding steroid dienone is 2. The van der Waals surface area contributed by atoms with E-state index in [0.717, 1.165) is 25.7 Å². The fourth-order valence-corrected chi connectivity index (χ4v) is 12.5. The third-order valence-electron chi connectivity index (χ3n) is 4.22. The van der Waals surface area contributed by atoms with Crippen molar-refractivity contribution >= 4 is 23.0 Å². The van der Waals surface area contributed by atoms with Crippen LogP contribution >= 0.6 is 0 Å². The van der Waals surface area contributed by atoms with Crippen LogP contribution in [0, 0.1) is 5.92 Å². The van der Waals surface area contributed by atoms with Crippen LogP contribution in [-0.4, -0.2) is 23.0 Å². The second-order valence-corrected chi connectivity index (χ2v) is 15.5. The van der Waals surface area contributed by atoms with E-state index in [1.807, 2.05) is 0 Å². The van der Waals surface area contributed by atoms with Gasteiger partial charge in [0.25, 0.3) is 0 Å². The molecule has 0 radical (unpaired) electrons. The molecule has 1 aromatic rings. The summed E-state index contributed by atoms with van der Waals surface area (Å²) in [7, 11) is -1.19. The molecule has 0 nitrogen and oxygen atoms in total. The van der Waals surface area contributed by atoms with E-state index >= 15 is 0 Å². The van der Waals surface area contributed by atoms with Crippen LogP contribution in [0.15, 0.2) is 42.5 Å². The molecule has 1 aromatic carbocycles. The zero-order chi connectivity index (χ0) is 12.1. The minimum atomic E-state index is -1.19. The van der Waals surface area contributed by atoms with Crippen LogP contribution in [0.1, 0.15) is 12.0 Å². The first-order valence-electron chi connectivity index (χ1n) is 6.46. The van der Waals surface area contributed by atoms with E-state index in [1.165, 1.54) is 6.42 Å². The van der Waals surface area contributed by atoms with Gasteiger partial charge in [-0.05, 0) is 0 Å². The molecule has 3 unspecified atom stereocenters. The first-order valence-corrected chi connectivity index (χ1v) is 11.8. The van der Waals surface area contributed by atoms with Gasteiger partial charge in [-0.15, -0.1) is 0 Å². The Bertz CT molecular complexity index is 446. The number of benzene rings is 1. The van der Waals surface area contributed by atoms with Crippen LogP contribution in [0.3, 0.4) is 0 Å². The van der Waals surface area contributed by atoms with Gasteiger partial charge >= 0.3 is 112 Å². The summed E-state index contributed by atoms with van der Waals surface area (Å²) in [5, 5.41) is 0. The molecule has 1 heterocycles. The molecular formula is C15H20SeSi. The molecule has 2 aliphatic rings. The van der Waals surface area contributed by atoms with Crippen LogP contribution in [-0.2, 0) is 3.94 Å². The Balaban J connectivity index is 2.14. The molecule has 2 heteroatoms. The quantitative estimate of drug-likeness (QED) is 0.575. The number of hydrogen-bond donors (Lipinski definition) is 0. The molecule has 1 aliphatic carbocycles. The summed E-state index contributed by atoms with van der Waals surface area (Å²) in [6.07, 6.45) is 6.45. The maximum atomic E-state index is 2.57. The van der Waals surface area contributed by atoms with Gasteiger partial charge in [0.1, 0.15) is 0 Å². The minimum absolute atomic E-state index is 0.556. The van der Waals surface area contributed by atoms with Crippen molar-refractivity contribution in [3.63, 3.8) is 0 Å². The molecule has 1 aliphatic heterocycles. The van der Waals surface area contributed by atoms with Crippen LogP contribution in [0.5, 0.6) is 0 Å². The molecule has 0 amide bonds. The molecule has 90 valence electrons. The Hall–Kier alpha value is -0.304. The molecule has 3 rings (SSSR count). The molecule has 1 saturated heterocycles. The van der Waals surface area contributed by atoms with E-state index < -0.39 is 8.07 Å². The van der Waals surface area contributed by atoms with Gasteiger partial charge in [0.15, 0.2) is 0 Å². The van der Waals surface area contributed by atoms with E-state index in [1.54, 1.807) is 5.56 Å². The van der Waals surface area contributed by atoms with Crippen LogP contribution in [0.2, 0.25) is 24.5 Å². The first-order chi connectivity index (χ1) is 8.04. The van der Waals surface area contributed by atoms with Crippen molar-refractivity contribution < 1.29 is 0 Å². The van der Waals surface area contributed by atoms with Crippen molar-refractivity contribution in [2.45, 2.75) is 34.8 Å². The van der Waals surface area contributed by atoms with Gasteiger partial charge in [0.05, 0.1) is 0 Å². The van der Waals surface area contributed by atoms with Crippen molar-refractivity contribution in [2.75, 3.05) is 0 Å². The zero-order valence-electron chi connectivity index (χ0n) is 10.8. The Morgan fingerprint density at radius 3 is 2.29 bits per heavy atom. The molecule has 2 bridgehead atoms. The normalized spacial score (nSPS) is 35.5. The Morgan fingerprint density at radius 2 is 1.82 bits per heavy atom. The third kappa shape index (κ3) is 1.62. The molecule has 17 heavy (non-hydrogen) atoms. The fourth-order valence-electron chi connectivity index (χ4n) is 3.51. The predicted octanol–water partition coefficient (Wildman–Crippen LogP) is 3.84. The molecule has 0 N–H and O–H groups in total. The number of rotatable bonds is 2. The first kappa shape index (κ1) is 11.8. The average Bonchev–Trinajstić information content (AvgIpc) is 2.89. The second-order valence-electron chi connectivity index (χ2n) is 6.24. The summed E-state index contributed by atoms with van der Waals surface area (Å²) in [5.41, 5.74) is 1.64. The van der Waals surface area contributed by atoms with Crippen molar-refractivity contribution in [3.8, 4) is 0 Å². The van der Waals surface area contributed by atoms with Crippen molar-refractivity contribution in [1.82, 2.24) is 0 Å². The van der Waals surface area contributed by atoms with Crippen molar-refractivity contribution in [2.24, 2.45) is 5.92 Å². The topological polar surface area (TPSA) is 0 Å². The Labute approximate surface area is 112 Å².